The van der Waals surface area contributed by atoms with Crippen molar-refractivity contribution in [1.29, 1.82) is 0 Å². The second-order valence-electron chi connectivity index (χ2n) is 5.20. The van der Waals surface area contributed by atoms with Gasteiger partial charge in [-0.15, -0.1) is 0 Å². The van der Waals surface area contributed by atoms with Crippen molar-refractivity contribution in [2.24, 2.45) is 0 Å². The van der Waals surface area contributed by atoms with Crippen LogP contribution in [0.15, 0.2) is 48.5 Å². The van der Waals surface area contributed by atoms with Crippen molar-refractivity contribution in [3.8, 4) is 11.6 Å². The van der Waals surface area contributed by atoms with E-state index in [2.05, 4.69) is 23.8 Å². The van der Waals surface area contributed by atoms with Crippen LogP contribution in [0.2, 0.25) is 0 Å². The van der Waals surface area contributed by atoms with Crippen LogP contribution in [0.25, 0.3) is 11.0 Å². The maximum absolute atomic E-state index is 5.96. The molecule has 1 heterocycles. The van der Waals surface area contributed by atoms with Crippen molar-refractivity contribution in [2.75, 3.05) is 5.73 Å². The van der Waals surface area contributed by atoms with Gasteiger partial charge in [0.2, 0.25) is 0 Å². The summed E-state index contributed by atoms with van der Waals surface area (Å²) in [7, 11) is 0. The number of fused-ring (bicyclic) bond motifs is 1. The molecule has 0 atom stereocenters. The van der Waals surface area contributed by atoms with E-state index in [1.807, 2.05) is 48.5 Å². The van der Waals surface area contributed by atoms with Crippen LogP contribution < -0.4 is 10.5 Å². The molecule has 0 spiro atoms. The molecular weight excluding hydrogens is 262 g/mol. The van der Waals surface area contributed by atoms with Gasteiger partial charge >= 0.3 is 0 Å². The zero-order valence-electron chi connectivity index (χ0n) is 12.1. The highest BCUT2D eigenvalue weighted by molar-refractivity contribution is 5.76. The molecule has 0 saturated heterocycles. The van der Waals surface area contributed by atoms with Gasteiger partial charge in [-0.25, -0.2) is 9.97 Å². The number of ether oxygens (including phenoxy) is 1. The van der Waals surface area contributed by atoms with Crippen LogP contribution in [0.4, 0.5) is 5.82 Å². The molecule has 0 amide bonds. The van der Waals surface area contributed by atoms with Crippen LogP contribution in [-0.2, 0) is 0 Å². The van der Waals surface area contributed by atoms with Crippen molar-refractivity contribution in [2.45, 2.75) is 19.8 Å². The minimum atomic E-state index is 0.298. The molecular formula is C17H17N3O. The first-order chi connectivity index (χ1) is 10.1. The molecule has 21 heavy (non-hydrogen) atoms. The number of rotatable bonds is 3. The molecule has 3 aromatic rings. The van der Waals surface area contributed by atoms with Gasteiger partial charge in [0, 0.05) is 0 Å². The average molecular weight is 279 g/mol. The molecule has 2 aromatic carbocycles. The quantitative estimate of drug-likeness (QED) is 0.783. The Morgan fingerprint density at radius 2 is 1.52 bits per heavy atom. The number of para-hydroxylation sites is 3. The zero-order valence-corrected chi connectivity index (χ0v) is 12.1. The molecule has 1 aromatic heterocycles. The van der Waals surface area contributed by atoms with Crippen LogP contribution in [-0.4, -0.2) is 9.97 Å². The Bertz CT molecular complexity index is 784. The van der Waals surface area contributed by atoms with Gasteiger partial charge in [-0.1, -0.05) is 44.2 Å². The third kappa shape index (κ3) is 2.65. The summed E-state index contributed by atoms with van der Waals surface area (Å²) >= 11 is 0. The Morgan fingerprint density at radius 1 is 0.905 bits per heavy atom. The fourth-order valence-corrected chi connectivity index (χ4v) is 2.23. The van der Waals surface area contributed by atoms with Gasteiger partial charge in [-0.2, -0.15) is 0 Å². The summed E-state index contributed by atoms with van der Waals surface area (Å²) < 4.78 is 5.91. The minimum absolute atomic E-state index is 0.298. The summed E-state index contributed by atoms with van der Waals surface area (Å²) in [6, 6.07) is 15.5. The Hall–Kier alpha value is -2.62. The van der Waals surface area contributed by atoms with Gasteiger partial charge in [0.25, 0.3) is 5.88 Å². The predicted octanol–water partition coefficient (Wildman–Crippen LogP) is 4.13. The van der Waals surface area contributed by atoms with Crippen molar-refractivity contribution >= 4 is 16.9 Å². The van der Waals surface area contributed by atoms with Crippen LogP contribution in [0.5, 0.6) is 11.6 Å². The summed E-state index contributed by atoms with van der Waals surface area (Å²) in [6.07, 6.45) is 0. The SMILES string of the molecule is CC(C)c1ccccc1Oc1nc2ccccc2nc1N. The standard InChI is InChI=1S/C17H17N3O/c1-11(2)12-7-3-6-10-15(12)21-17-16(18)19-13-8-4-5-9-14(13)20-17/h3-11H,1-2H3,(H2,18,19). The molecule has 0 saturated carbocycles. The van der Waals surface area contributed by atoms with Crippen molar-refractivity contribution < 1.29 is 4.74 Å². The lowest BCUT2D eigenvalue weighted by Crippen LogP contribution is -2.01. The molecule has 0 bridgehead atoms. The van der Waals surface area contributed by atoms with Crippen molar-refractivity contribution in [3.05, 3.63) is 54.1 Å². The van der Waals surface area contributed by atoms with E-state index in [9.17, 15) is 0 Å². The van der Waals surface area contributed by atoms with Gasteiger partial charge in [-0.3, -0.25) is 0 Å². The van der Waals surface area contributed by atoms with E-state index in [1.165, 1.54) is 0 Å². The minimum Gasteiger partial charge on any atom is -0.436 e. The topological polar surface area (TPSA) is 61.0 Å². The lowest BCUT2D eigenvalue weighted by atomic mass is 10.0. The average Bonchev–Trinajstić information content (AvgIpc) is 2.48. The van der Waals surface area contributed by atoms with E-state index in [4.69, 9.17) is 10.5 Å². The first kappa shape index (κ1) is 13.4. The summed E-state index contributed by atoms with van der Waals surface area (Å²) in [5, 5.41) is 0. The maximum Gasteiger partial charge on any atom is 0.263 e. The second-order valence-corrected chi connectivity index (χ2v) is 5.20. The lowest BCUT2D eigenvalue weighted by molar-refractivity contribution is 0.457. The summed E-state index contributed by atoms with van der Waals surface area (Å²) in [6.45, 7) is 4.25. The Balaban J connectivity index is 2.04. The molecule has 0 aliphatic rings. The number of hydrogen-bond acceptors (Lipinski definition) is 4. The molecule has 0 aliphatic carbocycles. The Labute approximate surface area is 123 Å². The summed E-state index contributed by atoms with van der Waals surface area (Å²) in [5.41, 5.74) is 8.61. The predicted molar refractivity (Wildman–Crippen MR) is 84.6 cm³/mol. The lowest BCUT2D eigenvalue weighted by Gasteiger charge is -2.14. The summed E-state index contributed by atoms with van der Waals surface area (Å²) in [5.74, 6) is 1.77. The van der Waals surface area contributed by atoms with E-state index < -0.39 is 0 Å². The fourth-order valence-electron chi connectivity index (χ4n) is 2.23. The Morgan fingerprint density at radius 3 is 2.24 bits per heavy atom. The molecule has 0 aliphatic heterocycles. The number of anilines is 1. The van der Waals surface area contributed by atoms with Gasteiger partial charge in [0.15, 0.2) is 5.82 Å². The highest BCUT2D eigenvalue weighted by Gasteiger charge is 2.12. The number of aromatic nitrogens is 2. The van der Waals surface area contributed by atoms with Gasteiger partial charge in [0.1, 0.15) is 5.75 Å². The van der Waals surface area contributed by atoms with Crippen molar-refractivity contribution in [1.82, 2.24) is 9.97 Å². The molecule has 0 radical (unpaired) electrons. The molecule has 3 rings (SSSR count). The highest BCUT2D eigenvalue weighted by atomic mass is 16.5. The fraction of sp³-hybridized carbons (Fsp3) is 0.176. The van der Waals surface area contributed by atoms with Crippen LogP contribution in [0, 0.1) is 0 Å². The molecule has 0 unspecified atom stereocenters. The van der Waals surface area contributed by atoms with Gasteiger partial charge < -0.3 is 10.5 Å². The molecule has 2 N–H and O–H groups in total. The van der Waals surface area contributed by atoms with E-state index in [-0.39, 0.29) is 0 Å². The highest BCUT2D eigenvalue weighted by Crippen LogP contribution is 2.32. The van der Waals surface area contributed by atoms with Crippen LogP contribution in [0.1, 0.15) is 25.3 Å². The Kier molecular flexibility index (Phi) is 3.44. The number of nitrogens with zero attached hydrogens (tertiary/aromatic N) is 2. The molecule has 0 fully saturated rings. The number of benzene rings is 2. The van der Waals surface area contributed by atoms with E-state index in [0.29, 0.717) is 17.6 Å². The third-order valence-corrected chi connectivity index (χ3v) is 3.31. The zero-order chi connectivity index (χ0) is 14.8. The smallest absolute Gasteiger partial charge is 0.263 e. The molecule has 106 valence electrons. The van der Waals surface area contributed by atoms with Crippen LogP contribution >= 0.6 is 0 Å². The molecule has 4 heteroatoms. The van der Waals surface area contributed by atoms with E-state index >= 15 is 0 Å². The summed E-state index contributed by atoms with van der Waals surface area (Å²) in [4.78, 5) is 8.80. The van der Waals surface area contributed by atoms with Gasteiger partial charge in [0.05, 0.1) is 11.0 Å². The van der Waals surface area contributed by atoms with E-state index in [0.717, 1.165) is 22.3 Å². The van der Waals surface area contributed by atoms with Gasteiger partial charge in [-0.05, 0) is 29.7 Å². The first-order valence-corrected chi connectivity index (χ1v) is 6.94. The third-order valence-electron chi connectivity index (χ3n) is 3.31. The number of hydrogen-bond donors (Lipinski definition) is 1. The first-order valence-electron chi connectivity index (χ1n) is 6.94. The largest absolute Gasteiger partial charge is 0.436 e. The second kappa shape index (κ2) is 5.40. The normalized spacial score (nSPS) is 11.0. The van der Waals surface area contributed by atoms with Crippen molar-refractivity contribution in [3.63, 3.8) is 0 Å². The number of nitrogens with two attached hydrogens (primary N) is 1. The van der Waals surface area contributed by atoms with E-state index in [1.54, 1.807) is 0 Å². The molecule has 4 nitrogen and oxygen atoms in total. The van der Waals surface area contributed by atoms with Crippen LogP contribution in [0.3, 0.4) is 0 Å². The number of nitrogen functional groups attached to an aromatic ring is 1. The maximum atomic E-state index is 5.96. The monoisotopic (exact) mass is 279 g/mol.